The molecule has 0 saturated heterocycles. The highest BCUT2D eigenvalue weighted by Crippen LogP contribution is 2.13. The summed E-state index contributed by atoms with van der Waals surface area (Å²) in [5.74, 6) is -1.00. The Hall–Kier alpha value is -3.93. The van der Waals surface area contributed by atoms with Crippen LogP contribution in [-0.4, -0.2) is 17.6 Å². The van der Waals surface area contributed by atoms with Crippen molar-refractivity contribution < 1.29 is 18.8 Å². The fraction of sp³-hybridized carbons (Fsp3) is 0.0455. The molecule has 0 atom stereocenters. The van der Waals surface area contributed by atoms with E-state index in [4.69, 9.17) is 4.42 Å². The zero-order valence-electron chi connectivity index (χ0n) is 15.1. The standard InChI is InChI=1S/C22H18N2O4/c1-15(25)17-9-11-18(12-10-17)23-21(26)19(14-16-6-3-2-4-7-16)24-22(27)20-8-5-13-28-20/h2-14H,1H3,(H,23,26)(H,24,27)/b19-14-. The van der Waals surface area contributed by atoms with Gasteiger partial charge in [0.15, 0.2) is 11.5 Å². The smallest absolute Gasteiger partial charge is 0.291 e. The van der Waals surface area contributed by atoms with E-state index in [2.05, 4.69) is 10.6 Å². The lowest BCUT2D eigenvalue weighted by Crippen LogP contribution is -2.30. The highest BCUT2D eigenvalue weighted by molar-refractivity contribution is 6.10. The summed E-state index contributed by atoms with van der Waals surface area (Å²) in [7, 11) is 0. The summed E-state index contributed by atoms with van der Waals surface area (Å²) in [6, 6.07) is 18.7. The molecule has 0 aliphatic heterocycles. The second-order valence-corrected chi connectivity index (χ2v) is 5.99. The predicted molar refractivity (Wildman–Crippen MR) is 106 cm³/mol. The molecule has 2 aromatic carbocycles. The minimum atomic E-state index is -0.533. The van der Waals surface area contributed by atoms with Crippen molar-refractivity contribution in [1.82, 2.24) is 5.32 Å². The molecule has 0 unspecified atom stereocenters. The van der Waals surface area contributed by atoms with Gasteiger partial charge in [0.2, 0.25) is 0 Å². The third kappa shape index (κ3) is 4.82. The Morgan fingerprint density at radius 1 is 0.893 bits per heavy atom. The third-order valence-corrected chi connectivity index (χ3v) is 3.90. The first-order valence-electron chi connectivity index (χ1n) is 8.57. The minimum absolute atomic E-state index is 0.0586. The Balaban J connectivity index is 1.83. The van der Waals surface area contributed by atoms with Crippen molar-refractivity contribution in [2.75, 3.05) is 5.32 Å². The normalized spacial score (nSPS) is 11.0. The molecule has 0 spiro atoms. The predicted octanol–water partition coefficient (Wildman–Crippen LogP) is 3.89. The highest BCUT2D eigenvalue weighted by atomic mass is 16.3. The Labute approximate surface area is 161 Å². The molecule has 0 bridgehead atoms. The number of hydrogen-bond donors (Lipinski definition) is 2. The van der Waals surface area contributed by atoms with Gasteiger partial charge in [-0.05, 0) is 55.0 Å². The van der Waals surface area contributed by atoms with Crippen LogP contribution < -0.4 is 10.6 Å². The monoisotopic (exact) mass is 374 g/mol. The van der Waals surface area contributed by atoms with E-state index >= 15 is 0 Å². The Morgan fingerprint density at radius 3 is 2.21 bits per heavy atom. The Morgan fingerprint density at radius 2 is 1.61 bits per heavy atom. The molecule has 2 amide bonds. The van der Waals surface area contributed by atoms with Gasteiger partial charge in [-0.15, -0.1) is 0 Å². The molecule has 0 radical (unpaired) electrons. The molecule has 6 nitrogen and oxygen atoms in total. The van der Waals surface area contributed by atoms with Gasteiger partial charge >= 0.3 is 0 Å². The molecular formula is C22H18N2O4. The topological polar surface area (TPSA) is 88.4 Å². The van der Waals surface area contributed by atoms with E-state index in [1.807, 2.05) is 30.3 Å². The van der Waals surface area contributed by atoms with Crippen LogP contribution in [0.15, 0.2) is 83.1 Å². The molecule has 6 heteroatoms. The van der Waals surface area contributed by atoms with Gasteiger partial charge in [0.05, 0.1) is 6.26 Å². The summed E-state index contributed by atoms with van der Waals surface area (Å²) in [6.07, 6.45) is 2.95. The molecule has 2 N–H and O–H groups in total. The highest BCUT2D eigenvalue weighted by Gasteiger charge is 2.16. The van der Waals surface area contributed by atoms with Gasteiger partial charge in [0.25, 0.3) is 11.8 Å². The third-order valence-electron chi connectivity index (χ3n) is 3.90. The van der Waals surface area contributed by atoms with Gasteiger partial charge in [-0.1, -0.05) is 30.3 Å². The SMILES string of the molecule is CC(=O)c1ccc(NC(=O)/C(=C/c2ccccc2)NC(=O)c2ccco2)cc1. The molecule has 3 aromatic rings. The molecule has 140 valence electrons. The number of hydrogen-bond acceptors (Lipinski definition) is 4. The van der Waals surface area contributed by atoms with Gasteiger partial charge in [-0.3, -0.25) is 14.4 Å². The Kier molecular flexibility index (Phi) is 5.81. The number of rotatable bonds is 6. The number of benzene rings is 2. The van der Waals surface area contributed by atoms with Crippen LogP contribution in [0.3, 0.4) is 0 Å². The number of ketones is 1. The number of furan rings is 1. The van der Waals surface area contributed by atoms with Gasteiger partial charge in [0, 0.05) is 11.3 Å². The molecule has 3 rings (SSSR count). The molecular weight excluding hydrogens is 356 g/mol. The maximum atomic E-state index is 12.7. The maximum Gasteiger partial charge on any atom is 0.291 e. The molecule has 0 aliphatic rings. The average Bonchev–Trinajstić information content (AvgIpc) is 3.23. The lowest BCUT2D eigenvalue weighted by molar-refractivity contribution is -0.113. The number of anilines is 1. The summed E-state index contributed by atoms with van der Waals surface area (Å²) in [5.41, 5.74) is 1.85. The van der Waals surface area contributed by atoms with Crippen molar-refractivity contribution in [3.8, 4) is 0 Å². The van der Waals surface area contributed by atoms with E-state index in [1.54, 1.807) is 36.4 Å². The van der Waals surface area contributed by atoms with Crippen molar-refractivity contribution in [3.05, 3.63) is 95.6 Å². The summed E-state index contributed by atoms with van der Waals surface area (Å²) in [6.45, 7) is 1.47. The number of Topliss-reactive ketones (excluding diaryl/α,β-unsaturated/α-hetero) is 1. The van der Waals surface area contributed by atoms with Crippen LogP contribution in [-0.2, 0) is 4.79 Å². The number of carbonyl (C=O) groups is 3. The minimum Gasteiger partial charge on any atom is -0.459 e. The van der Waals surface area contributed by atoms with Crippen LogP contribution in [0.1, 0.15) is 33.4 Å². The Bertz CT molecular complexity index is 1000. The summed E-state index contributed by atoms with van der Waals surface area (Å²) in [4.78, 5) is 36.4. The van der Waals surface area contributed by atoms with Crippen molar-refractivity contribution in [3.63, 3.8) is 0 Å². The molecule has 1 heterocycles. The summed E-state index contributed by atoms with van der Waals surface area (Å²) >= 11 is 0. The van der Waals surface area contributed by atoms with Crippen molar-refractivity contribution in [2.24, 2.45) is 0 Å². The van der Waals surface area contributed by atoms with Gasteiger partial charge < -0.3 is 15.1 Å². The molecule has 28 heavy (non-hydrogen) atoms. The number of carbonyl (C=O) groups excluding carboxylic acids is 3. The molecule has 0 saturated carbocycles. The molecule has 1 aromatic heterocycles. The van der Waals surface area contributed by atoms with Gasteiger partial charge in [-0.25, -0.2) is 0 Å². The van der Waals surface area contributed by atoms with Crippen LogP contribution in [0.4, 0.5) is 5.69 Å². The first-order valence-corrected chi connectivity index (χ1v) is 8.57. The largest absolute Gasteiger partial charge is 0.459 e. The van der Waals surface area contributed by atoms with Crippen LogP contribution in [0, 0.1) is 0 Å². The number of amides is 2. The zero-order chi connectivity index (χ0) is 19.9. The van der Waals surface area contributed by atoms with E-state index in [0.717, 1.165) is 5.56 Å². The molecule has 0 fully saturated rings. The second kappa shape index (κ2) is 8.64. The summed E-state index contributed by atoms with van der Waals surface area (Å²) < 4.78 is 5.08. The fourth-order valence-electron chi connectivity index (χ4n) is 2.45. The first-order chi connectivity index (χ1) is 13.5. The summed E-state index contributed by atoms with van der Waals surface area (Å²) in [5, 5.41) is 5.30. The fourth-order valence-corrected chi connectivity index (χ4v) is 2.45. The van der Waals surface area contributed by atoms with Crippen molar-refractivity contribution in [1.29, 1.82) is 0 Å². The van der Waals surface area contributed by atoms with Gasteiger partial charge in [0.1, 0.15) is 5.70 Å². The number of nitrogens with one attached hydrogen (secondary N) is 2. The average molecular weight is 374 g/mol. The van der Waals surface area contributed by atoms with Crippen LogP contribution in [0.5, 0.6) is 0 Å². The van der Waals surface area contributed by atoms with Crippen LogP contribution >= 0.6 is 0 Å². The van der Waals surface area contributed by atoms with E-state index in [9.17, 15) is 14.4 Å². The zero-order valence-corrected chi connectivity index (χ0v) is 15.1. The maximum absolute atomic E-state index is 12.7. The quantitative estimate of drug-likeness (QED) is 0.506. The van der Waals surface area contributed by atoms with Crippen LogP contribution in [0.25, 0.3) is 6.08 Å². The second-order valence-electron chi connectivity index (χ2n) is 5.99. The van der Waals surface area contributed by atoms with E-state index < -0.39 is 11.8 Å². The van der Waals surface area contributed by atoms with E-state index in [0.29, 0.717) is 11.3 Å². The van der Waals surface area contributed by atoms with E-state index in [1.165, 1.54) is 19.3 Å². The van der Waals surface area contributed by atoms with Crippen LogP contribution in [0.2, 0.25) is 0 Å². The molecule has 0 aliphatic carbocycles. The lowest BCUT2D eigenvalue weighted by Gasteiger charge is -2.11. The van der Waals surface area contributed by atoms with Crippen molar-refractivity contribution in [2.45, 2.75) is 6.92 Å². The first kappa shape index (κ1) is 18.8. The lowest BCUT2D eigenvalue weighted by atomic mass is 10.1. The van der Waals surface area contributed by atoms with Gasteiger partial charge in [-0.2, -0.15) is 0 Å². The van der Waals surface area contributed by atoms with Crippen molar-refractivity contribution >= 4 is 29.4 Å². The van der Waals surface area contributed by atoms with E-state index in [-0.39, 0.29) is 17.2 Å².